The van der Waals surface area contributed by atoms with E-state index in [1.165, 1.54) is 28.9 Å². The van der Waals surface area contributed by atoms with Crippen LogP contribution in [0, 0.1) is 0 Å². The highest BCUT2D eigenvalue weighted by atomic mass is 19.4. The van der Waals surface area contributed by atoms with Crippen LogP contribution in [0.3, 0.4) is 0 Å². The molecular weight excluding hydrogens is 383 g/mol. The van der Waals surface area contributed by atoms with Gasteiger partial charge in [0.15, 0.2) is 0 Å². The summed E-state index contributed by atoms with van der Waals surface area (Å²) < 4.78 is 40.2. The number of para-hydroxylation sites is 1. The van der Waals surface area contributed by atoms with Crippen molar-refractivity contribution in [3.63, 3.8) is 0 Å². The number of carbonyl (C=O) groups excluding carboxylic acids is 1. The average Bonchev–Trinajstić information content (AvgIpc) is 2.69. The Balaban J connectivity index is 1.62. The number of carbonyl (C=O) groups is 1. The second kappa shape index (κ2) is 8.72. The zero-order chi connectivity index (χ0) is 20.9. The third kappa shape index (κ3) is 5.31. The maximum Gasteiger partial charge on any atom is 0.418 e. The van der Waals surface area contributed by atoms with Crippen LogP contribution in [0.5, 0.6) is 0 Å². The molecule has 0 aliphatic heterocycles. The van der Waals surface area contributed by atoms with Crippen molar-refractivity contribution < 1.29 is 18.0 Å². The molecule has 0 fully saturated rings. The van der Waals surface area contributed by atoms with Gasteiger partial charge in [-0.3, -0.25) is 9.59 Å². The maximum atomic E-state index is 13.0. The Hall–Kier alpha value is -3.42. The molecule has 3 rings (SSSR count). The molecule has 0 spiro atoms. The van der Waals surface area contributed by atoms with E-state index >= 15 is 0 Å². The van der Waals surface area contributed by atoms with Gasteiger partial charge in [-0.1, -0.05) is 42.5 Å². The molecule has 0 saturated carbocycles. The molecule has 1 N–H and O–H groups in total. The zero-order valence-corrected chi connectivity index (χ0v) is 15.3. The van der Waals surface area contributed by atoms with E-state index in [4.69, 9.17) is 0 Å². The molecule has 1 aromatic heterocycles. The van der Waals surface area contributed by atoms with Crippen LogP contribution >= 0.6 is 0 Å². The van der Waals surface area contributed by atoms with Crippen LogP contribution in [-0.4, -0.2) is 15.7 Å². The lowest BCUT2D eigenvalue weighted by molar-refractivity contribution is -0.137. The van der Waals surface area contributed by atoms with Crippen LogP contribution in [0.1, 0.15) is 18.4 Å². The third-order valence-corrected chi connectivity index (χ3v) is 4.22. The molecule has 150 valence electrons. The van der Waals surface area contributed by atoms with Crippen molar-refractivity contribution in [1.82, 2.24) is 9.78 Å². The molecule has 0 bridgehead atoms. The Kier molecular flexibility index (Phi) is 6.11. The summed E-state index contributed by atoms with van der Waals surface area (Å²) in [6.45, 7) is 0.174. The molecule has 2 aromatic carbocycles. The van der Waals surface area contributed by atoms with Gasteiger partial charge in [-0.25, -0.2) is 4.68 Å². The van der Waals surface area contributed by atoms with E-state index in [1.54, 1.807) is 6.07 Å². The van der Waals surface area contributed by atoms with Gasteiger partial charge in [-0.2, -0.15) is 18.3 Å². The number of benzene rings is 2. The SMILES string of the molecule is O=C(CCCn1nc(-c2ccccc2)ccc1=O)Nc1ccccc1C(F)(F)F. The highest BCUT2D eigenvalue weighted by Gasteiger charge is 2.33. The summed E-state index contributed by atoms with van der Waals surface area (Å²) in [6.07, 6.45) is -4.35. The van der Waals surface area contributed by atoms with Crippen molar-refractivity contribution in [3.8, 4) is 11.3 Å². The second-order valence-electron chi connectivity index (χ2n) is 6.34. The first kappa shape index (κ1) is 20.3. The van der Waals surface area contributed by atoms with Crippen LogP contribution in [-0.2, 0) is 17.5 Å². The number of nitrogens with one attached hydrogen (secondary N) is 1. The summed E-state index contributed by atoms with van der Waals surface area (Å²) in [6, 6.07) is 17.1. The Morgan fingerprint density at radius 1 is 0.966 bits per heavy atom. The Morgan fingerprint density at radius 3 is 2.38 bits per heavy atom. The number of alkyl halides is 3. The minimum Gasteiger partial charge on any atom is -0.326 e. The summed E-state index contributed by atoms with van der Waals surface area (Å²) in [5.74, 6) is -0.561. The zero-order valence-electron chi connectivity index (χ0n) is 15.3. The predicted octanol–water partition coefficient (Wildman–Crippen LogP) is 4.35. The summed E-state index contributed by atoms with van der Waals surface area (Å²) in [5.41, 5.74) is -0.0304. The van der Waals surface area contributed by atoms with Crippen molar-refractivity contribution in [2.24, 2.45) is 0 Å². The largest absolute Gasteiger partial charge is 0.418 e. The summed E-state index contributed by atoms with van der Waals surface area (Å²) in [5, 5.41) is 6.58. The van der Waals surface area contributed by atoms with Gasteiger partial charge in [0.05, 0.1) is 16.9 Å². The second-order valence-corrected chi connectivity index (χ2v) is 6.34. The van der Waals surface area contributed by atoms with Crippen molar-refractivity contribution in [2.75, 3.05) is 5.32 Å². The summed E-state index contributed by atoms with van der Waals surface area (Å²) >= 11 is 0. The molecule has 8 heteroatoms. The summed E-state index contributed by atoms with van der Waals surface area (Å²) in [4.78, 5) is 24.1. The number of hydrogen-bond acceptors (Lipinski definition) is 3. The normalized spacial score (nSPS) is 11.3. The number of halogens is 3. The number of hydrogen-bond donors (Lipinski definition) is 1. The first-order valence-corrected chi connectivity index (χ1v) is 8.94. The molecule has 1 heterocycles. The van der Waals surface area contributed by atoms with E-state index < -0.39 is 17.6 Å². The Labute approximate surface area is 164 Å². The highest BCUT2D eigenvalue weighted by Crippen LogP contribution is 2.34. The predicted molar refractivity (Wildman–Crippen MR) is 103 cm³/mol. The van der Waals surface area contributed by atoms with Crippen molar-refractivity contribution in [3.05, 3.63) is 82.6 Å². The van der Waals surface area contributed by atoms with Crippen LogP contribution in [0.4, 0.5) is 18.9 Å². The van der Waals surface area contributed by atoms with Crippen LogP contribution < -0.4 is 10.9 Å². The van der Waals surface area contributed by atoms with Crippen molar-refractivity contribution in [1.29, 1.82) is 0 Å². The number of anilines is 1. The van der Waals surface area contributed by atoms with Gasteiger partial charge in [0.2, 0.25) is 5.91 Å². The molecule has 1 amide bonds. The number of amides is 1. The molecule has 29 heavy (non-hydrogen) atoms. The van der Waals surface area contributed by atoms with E-state index in [9.17, 15) is 22.8 Å². The lowest BCUT2D eigenvalue weighted by atomic mass is 10.1. The fraction of sp³-hybridized carbons (Fsp3) is 0.190. The van der Waals surface area contributed by atoms with Crippen molar-refractivity contribution >= 4 is 11.6 Å². The van der Waals surface area contributed by atoms with Gasteiger partial charge in [-0.15, -0.1) is 0 Å². The standard InChI is InChI=1S/C21H18F3N3O2/c22-21(23,24)16-9-4-5-10-18(16)25-19(28)11-6-14-27-20(29)13-12-17(26-27)15-7-2-1-3-8-15/h1-5,7-10,12-13H,6,11,14H2,(H,25,28). The fourth-order valence-electron chi connectivity index (χ4n) is 2.81. The Bertz CT molecular complexity index is 1050. The van der Waals surface area contributed by atoms with Gasteiger partial charge >= 0.3 is 6.18 Å². The quantitative estimate of drug-likeness (QED) is 0.668. The molecule has 0 aliphatic carbocycles. The minimum atomic E-state index is -4.56. The number of aromatic nitrogens is 2. The van der Waals surface area contributed by atoms with E-state index in [2.05, 4.69) is 10.4 Å². The molecule has 3 aromatic rings. The highest BCUT2D eigenvalue weighted by molar-refractivity contribution is 5.91. The van der Waals surface area contributed by atoms with Crippen molar-refractivity contribution in [2.45, 2.75) is 25.6 Å². The average molecular weight is 401 g/mol. The first-order valence-electron chi connectivity index (χ1n) is 8.94. The number of rotatable bonds is 6. The van der Waals surface area contributed by atoms with Gasteiger partial charge in [0.1, 0.15) is 0 Å². The lowest BCUT2D eigenvalue weighted by Crippen LogP contribution is -2.23. The van der Waals surface area contributed by atoms with E-state index in [0.717, 1.165) is 11.6 Å². The monoisotopic (exact) mass is 401 g/mol. The molecule has 0 radical (unpaired) electrons. The fourth-order valence-corrected chi connectivity index (χ4v) is 2.81. The van der Waals surface area contributed by atoms with E-state index in [-0.39, 0.29) is 30.6 Å². The molecule has 0 unspecified atom stereocenters. The number of nitrogens with zero attached hydrogens (tertiary/aromatic N) is 2. The van der Waals surface area contributed by atoms with Gasteiger partial charge in [0, 0.05) is 24.6 Å². The molecule has 5 nitrogen and oxygen atoms in total. The van der Waals surface area contributed by atoms with Crippen LogP contribution in [0.15, 0.2) is 71.5 Å². The number of aryl methyl sites for hydroxylation is 1. The summed E-state index contributed by atoms with van der Waals surface area (Å²) in [7, 11) is 0. The third-order valence-electron chi connectivity index (χ3n) is 4.22. The topological polar surface area (TPSA) is 64.0 Å². The van der Waals surface area contributed by atoms with E-state index in [0.29, 0.717) is 5.69 Å². The van der Waals surface area contributed by atoms with Gasteiger partial charge in [-0.05, 0) is 24.6 Å². The molecule has 0 atom stereocenters. The van der Waals surface area contributed by atoms with Gasteiger partial charge < -0.3 is 5.32 Å². The lowest BCUT2D eigenvalue weighted by Gasteiger charge is -2.13. The maximum absolute atomic E-state index is 13.0. The first-order chi connectivity index (χ1) is 13.8. The van der Waals surface area contributed by atoms with E-state index in [1.807, 2.05) is 30.3 Å². The molecular formula is C21H18F3N3O2. The Morgan fingerprint density at radius 2 is 1.66 bits per heavy atom. The molecule has 0 aliphatic rings. The molecule has 0 saturated heterocycles. The minimum absolute atomic E-state index is 0.0458. The van der Waals surface area contributed by atoms with Gasteiger partial charge in [0.25, 0.3) is 5.56 Å². The van der Waals surface area contributed by atoms with Crippen LogP contribution in [0.25, 0.3) is 11.3 Å². The smallest absolute Gasteiger partial charge is 0.326 e. The van der Waals surface area contributed by atoms with Crippen LogP contribution in [0.2, 0.25) is 0 Å².